The second kappa shape index (κ2) is 3.72. The molecule has 1 aliphatic rings. The lowest BCUT2D eigenvalue weighted by molar-refractivity contribution is -0.110. The van der Waals surface area contributed by atoms with E-state index in [1.54, 1.807) is 0 Å². The number of likely N-dealkylation sites (tertiary alicyclic amines) is 1. The van der Waals surface area contributed by atoms with Crippen molar-refractivity contribution in [2.24, 2.45) is 5.92 Å². The van der Waals surface area contributed by atoms with E-state index >= 15 is 0 Å². The minimum absolute atomic E-state index is 0.392. The molecule has 1 saturated heterocycles. The van der Waals surface area contributed by atoms with Gasteiger partial charge in [-0.25, -0.2) is 0 Å². The van der Waals surface area contributed by atoms with Crippen LogP contribution in [0.25, 0.3) is 0 Å². The number of hydrogen-bond donors (Lipinski definition) is 1. The van der Waals surface area contributed by atoms with Gasteiger partial charge in [-0.2, -0.15) is 0 Å². The van der Waals surface area contributed by atoms with Gasteiger partial charge in [0.05, 0.1) is 0 Å². The second-order valence-corrected chi connectivity index (χ2v) is 3.42. The van der Waals surface area contributed by atoms with Crippen LogP contribution in [0.1, 0.15) is 13.3 Å². The van der Waals surface area contributed by atoms with Gasteiger partial charge in [-0.3, -0.25) is 4.79 Å². The summed E-state index contributed by atoms with van der Waals surface area (Å²) in [5, 5.41) is 2.85. The van der Waals surface area contributed by atoms with Gasteiger partial charge in [0.2, 0.25) is 6.41 Å². The highest BCUT2D eigenvalue weighted by Gasteiger charge is 2.22. The Labute approximate surface area is 67.8 Å². The Morgan fingerprint density at radius 1 is 1.64 bits per heavy atom. The van der Waals surface area contributed by atoms with E-state index in [9.17, 15) is 4.79 Å². The SMILES string of the molecule is CC1CN(C)CCC1NC=O. The molecular formula is C8H16N2O. The Balaban J connectivity index is 2.37. The van der Waals surface area contributed by atoms with Gasteiger partial charge in [0, 0.05) is 12.6 Å². The van der Waals surface area contributed by atoms with Crippen molar-refractivity contribution < 1.29 is 4.79 Å². The van der Waals surface area contributed by atoms with Gasteiger partial charge in [0.25, 0.3) is 0 Å². The van der Waals surface area contributed by atoms with E-state index in [1.165, 1.54) is 0 Å². The Morgan fingerprint density at radius 2 is 2.36 bits per heavy atom. The first kappa shape index (κ1) is 8.53. The van der Waals surface area contributed by atoms with Gasteiger partial charge in [0.1, 0.15) is 0 Å². The third kappa shape index (κ3) is 2.19. The summed E-state index contributed by atoms with van der Waals surface area (Å²) in [7, 11) is 2.12. The van der Waals surface area contributed by atoms with Crippen LogP contribution in [0, 0.1) is 5.92 Å². The van der Waals surface area contributed by atoms with Crippen LogP contribution in [-0.2, 0) is 4.79 Å². The monoisotopic (exact) mass is 156 g/mol. The average molecular weight is 156 g/mol. The zero-order valence-electron chi connectivity index (χ0n) is 7.21. The molecule has 2 atom stereocenters. The molecule has 1 fully saturated rings. The molecule has 0 aromatic rings. The maximum atomic E-state index is 10.2. The van der Waals surface area contributed by atoms with Crippen LogP contribution in [0.2, 0.25) is 0 Å². The van der Waals surface area contributed by atoms with E-state index in [1.807, 2.05) is 0 Å². The summed E-state index contributed by atoms with van der Waals surface area (Å²) in [5.41, 5.74) is 0. The molecule has 0 aromatic carbocycles. The smallest absolute Gasteiger partial charge is 0.207 e. The minimum atomic E-state index is 0.392. The van der Waals surface area contributed by atoms with E-state index in [2.05, 4.69) is 24.2 Å². The summed E-state index contributed by atoms with van der Waals surface area (Å²) in [6.07, 6.45) is 1.89. The van der Waals surface area contributed by atoms with Crippen LogP contribution in [0.15, 0.2) is 0 Å². The van der Waals surface area contributed by atoms with Gasteiger partial charge in [-0.15, -0.1) is 0 Å². The van der Waals surface area contributed by atoms with Gasteiger partial charge >= 0.3 is 0 Å². The second-order valence-electron chi connectivity index (χ2n) is 3.42. The molecule has 0 saturated carbocycles. The summed E-state index contributed by atoms with van der Waals surface area (Å²) in [6.45, 7) is 4.36. The molecule has 1 aliphatic heterocycles. The van der Waals surface area contributed by atoms with Crippen molar-refractivity contribution in [3.63, 3.8) is 0 Å². The lowest BCUT2D eigenvalue weighted by atomic mass is 9.94. The molecule has 0 aliphatic carbocycles. The number of rotatable bonds is 2. The van der Waals surface area contributed by atoms with E-state index in [0.717, 1.165) is 25.9 Å². The largest absolute Gasteiger partial charge is 0.356 e. The van der Waals surface area contributed by atoms with E-state index in [4.69, 9.17) is 0 Å². The van der Waals surface area contributed by atoms with Gasteiger partial charge in [0.15, 0.2) is 0 Å². The molecule has 2 unspecified atom stereocenters. The van der Waals surface area contributed by atoms with Crippen LogP contribution in [0.3, 0.4) is 0 Å². The van der Waals surface area contributed by atoms with Crippen LogP contribution in [0.4, 0.5) is 0 Å². The van der Waals surface area contributed by atoms with Gasteiger partial charge in [-0.05, 0) is 25.9 Å². The molecule has 0 spiro atoms. The summed E-state index contributed by atoms with van der Waals surface area (Å²) >= 11 is 0. The maximum Gasteiger partial charge on any atom is 0.207 e. The van der Waals surface area contributed by atoms with Gasteiger partial charge in [-0.1, -0.05) is 6.92 Å². The van der Waals surface area contributed by atoms with E-state index < -0.39 is 0 Å². The molecule has 64 valence electrons. The summed E-state index contributed by atoms with van der Waals surface area (Å²) in [4.78, 5) is 12.5. The lowest BCUT2D eigenvalue weighted by Gasteiger charge is -2.34. The minimum Gasteiger partial charge on any atom is -0.356 e. The number of nitrogens with zero attached hydrogens (tertiary/aromatic N) is 1. The van der Waals surface area contributed by atoms with E-state index in [-0.39, 0.29) is 0 Å². The normalized spacial score (nSPS) is 33.3. The zero-order valence-corrected chi connectivity index (χ0v) is 7.21. The molecule has 0 bridgehead atoms. The number of nitrogens with one attached hydrogen (secondary N) is 1. The number of piperidine rings is 1. The molecule has 1 heterocycles. The summed E-state index contributed by atoms with van der Waals surface area (Å²) in [5.74, 6) is 0.582. The van der Waals surface area contributed by atoms with Crippen LogP contribution >= 0.6 is 0 Å². The first-order chi connectivity index (χ1) is 5.24. The highest BCUT2D eigenvalue weighted by Crippen LogP contribution is 2.14. The summed E-state index contributed by atoms with van der Waals surface area (Å²) in [6, 6.07) is 0.392. The third-order valence-electron chi connectivity index (χ3n) is 2.39. The van der Waals surface area contributed by atoms with Crippen molar-refractivity contribution in [3.05, 3.63) is 0 Å². The third-order valence-corrected chi connectivity index (χ3v) is 2.39. The van der Waals surface area contributed by atoms with Crippen LogP contribution in [0.5, 0.6) is 0 Å². The fourth-order valence-corrected chi connectivity index (χ4v) is 1.69. The number of carbonyl (C=O) groups excluding carboxylic acids is 1. The average Bonchev–Trinajstić information content (AvgIpc) is 1.95. The molecule has 11 heavy (non-hydrogen) atoms. The van der Waals surface area contributed by atoms with Crippen molar-refractivity contribution in [1.29, 1.82) is 0 Å². The quantitative estimate of drug-likeness (QED) is 0.574. The molecule has 0 radical (unpaired) electrons. The first-order valence-corrected chi connectivity index (χ1v) is 4.12. The molecule has 1 rings (SSSR count). The molecule has 3 nitrogen and oxygen atoms in total. The van der Waals surface area contributed by atoms with Crippen molar-refractivity contribution in [3.8, 4) is 0 Å². The van der Waals surface area contributed by atoms with Crippen LogP contribution in [-0.4, -0.2) is 37.5 Å². The molecule has 0 aromatic heterocycles. The van der Waals surface area contributed by atoms with Crippen molar-refractivity contribution in [2.75, 3.05) is 20.1 Å². The molecule has 1 amide bonds. The summed E-state index contributed by atoms with van der Waals surface area (Å²) < 4.78 is 0. The highest BCUT2D eigenvalue weighted by molar-refractivity contribution is 5.46. The number of hydrogen-bond acceptors (Lipinski definition) is 2. The van der Waals surface area contributed by atoms with E-state index in [0.29, 0.717) is 12.0 Å². The zero-order chi connectivity index (χ0) is 8.27. The standard InChI is InChI=1S/C8H16N2O/c1-7-5-10(2)4-3-8(7)9-6-11/h6-8H,3-5H2,1-2H3,(H,9,11). The van der Waals surface area contributed by atoms with Crippen molar-refractivity contribution in [1.82, 2.24) is 10.2 Å². The maximum absolute atomic E-state index is 10.2. The Bertz CT molecular complexity index is 138. The molecule has 1 N–H and O–H groups in total. The van der Waals surface area contributed by atoms with Crippen molar-refractivity contribution >= 4 is 6.41 Å². The molecule has 3 heteroatoms. The predicted octanol–water partition coefficient (Wildman–Crippen LogP) is 0.0726. The Morgan fingerprint density at radius 3 is 2.91 bits per heavy atom. The Kier molecular flexibility index (Phi) is 2.88. The fourth-order valence-electron chi connectivity index (χ4n) is 1.69. The van der Waals surface area contributed by atoms with Crippen molar-refractivity contribution in [2.45, 2.75) is 19.4 Å². The highest BCUT2D eigenvalue weighted by atomic mass is 16.1. The topological polar surface area (TPSA) is 32.3 Å². The number of carbonyl (C=O) groups is 1. The van der Waals surface area contributed by atoms with Gasteiger partial charge < -0.3 is 10.2 Å². The Hall–Kier alpha value is -0.570. The fraction of sp³-hybridized carbons (Fsp3) is 0.875. The number of amides is 1. The lowest BCUT2D eigenvalue weighted by Crippen LogP contribution is -2.46. The predicted molar refractivity (Wildman–Crippen MR) is 44.3 cm³/mol. The molecular weight excluding hydrogens is 140 g/mol. The first-order valence-electron chi connectivity index (χ1n) is 4.12. The van der Waals surface area contributed by atoms with Crippen LogP contribution < -0.4 is 5.32 Å².